The lowest BCUT2D eigenvalue weighted by atomic mass is 9.85. The van der Waals surface area contributed by atoms with Crippen molar-refractivity contribution in [3.8, 4) is 0 Å². The Bertz CT molecular complexity index is 600. The lowest BCUT2D eigenvalue weighted by molar-refractivity contribution is -0.140. The molecule has 0 radical (unpaired) electrons. The van der Waals surface area contributed by atoms with E-state index in [1.807, 2.05) is 11.8 Å². The SMILES string of the molecule is CC1CN(C(=O)C2CCC(F)(F)CC2)CCN1c1cccc(F)n1. The Kier molecular flexibility index (Phi) is 4.69. The fourth-order valence-corrected chi connectivity index (χ4v) is 3.60. The molecule has 2 aliphatic rings. The minimum absolute atomic E-state index is 0.00188. The van der Waals surface area contributed by atoms with Crippen LogP contribution < -0.4 is 4.90 Å². The van der Waals surface area contributed by atoms with Crippen LogP contribution in [0.2, 0.25) is 0 Å². The van der Waals surface area contributed by atoms with E-state index in [0.29, 0.717) is 25.5 Å². The van der Waals surface area contributed by atoms with E-state index in [1.165, 1.54) is 6.07 Å². The van der Waals surface area contributed by atoms with Crippen LogP contribution in [0, 0.1) is 11.9 Å². The number of pyridine rings is 1. The highest BCUT2D eigenvalue weighted by molar-refractivity contribution is 5.79. The standard InChI is InChI=1S/C17H22F3N3O/c1-12-11-22(16(24)13-5-7-17(19,20)8-6-13)9-10-23(12)15-4-2-3-14(18)21-15/h2-4,12-13H,5-11H2,1H3. The third-order valence-electron chi connectivity index (χ3n) is 5.00. The highest BCUT2D eigenvalue weighted by Crippen LogP contribution is 2.37. The van der Waals surface area contributed by atoms with E-state index in [2.05, 4.69) is 4.98 Å². The van der Waals surface area contributed by atoms with Crippen molar-refractivity contribution in [2.45, 2.75) is 44.6 Å². The maximum atomic E-state index is 13.3. The first-order valence-electron chi connectivity index (χ1n) is 8.41. The zero-order chi connectivity index (χ0) is 17.3. The molecule has 1 saturated heterocycles. The first kappa shape index (κ1) is 17.0. The molecule has 1 amide bonds. The van der Waals surface area contributed by atoms with E-state index in [1.54, 1.807) is 17.0 Å². The van der Waals surface area contributed by atoms with Gasteiger partial charge in [-0.05, 0) is 31.9 Å². The monoisotopic (exact) mass is 341 g/mol. The molecular weight excluding hydrogens is 319 g/mol. The Hall–Kier alpha value is -1.79. The molecule has 0 N–H and O–H groups in total. The lowest BCUT2D eigenvalue weighted by Gasteiger charge is -2.42. The van der Waals surface area contributed by atoms with Crippen LogP contribution in [0.3, 0.4) is 0 Å². The van der Waals surface area contributed by atoms with E-state index in [9.17, 15) is 18.0 Å². The topological polar surface area (TPSA) is 36.4 Å². The number of carbonyl (C=O) groups excluding carboxylic acids is 1. The fourth-order valence-electron chi connectivity index (χ4n) is 3.60. The summed E-state index contributed by atoms with van der Waals surface area (Å²) in [4.78, 5) is 20.2. The number of alkyl halides is 2. The highest BCUT2D eigenvalue weighted by atomic mass is 19.3. The molecule has 1 aromatic heterocycles. The molecule has 1 atom stereocenters. The summed E-state index contributed by atoms with van der Waals surface area (Å²) in [5.74, 6) is -2.90. The Balaban J connectivity index is 1.60. The summed E-state index contributed by atoms with van der Waals surface area (Å²) in [5.41, 5.74) is 0. The fraction of sp³-hybridized carbons (Fsp3) is 0.647. The molecule has 0 spiro atoms. The third kappa shape index (κ3) is 3.65. The average Bonchev–Trinajstić information content (AvgIpc) is 2.54. The molecule has 0 aromatic carbocycles. The van der Waals surface area contributed by atoms with Gasteiger partial charge in [-0.3, -0.25) is 4.79 Å². The molecule has 2 heterocycles. The van der Waals surface area contributed by atoms with Crippen molar-refractivity contribution in [1.29, 1.82) is 0 Å². The smallest absolute Gasteiger partial charge is 0.248 e. The Morgan fingerprint density at radius 3 is 2.58 bits per heavy atom. The van der Waals surface area contributed by atoms with Crippen LogP contribution >= 0.6 is 0 Å². The maximum absolute atomic E-state index is 13.3. The van der Waals surface area contributed by atoms with Crippen LogP contribution in [0.25, 0.3) is 0 Å². The second kappa shape index (κ2) is 6.61. The Labute approximate surface area is 139 Å². The van der Waals surface area contributed by atoms with Gasteiger partial charge >= 0.3 is 0 Å². The second-order valence-electron chi connectivity index (χ2n) is 6.78. The van der Waals surface area contributed by atoms with E-state index in [0.717, 1.165) is 0 Å². The molecule has 1 unspecified atom stereocenters. The molecule has 7 heteroatoms. The summed E-state index contributed by atoms with van der Waals surface area (Å²) in [7, 11) is 0. The number of piperazine rings is 1. The van der Waals surface area contributed by atoms with E-state index in [4.69, 9.17) is 0 Å². The zero-order valence-corrected chi connectivity index (χ0v) is 13.7. The molecule has 1 aliphatic heterocycles. The maximum Gasteiger partial charge on any atom is 0.248 e. The predicted octanol–water partition coefficient (Wildman–Crippen LogP) is 3.08. The van der Waals surface area contributed by atoms with Gasteiger partial charge in [0.05, 0.1) is 0 Å². The highest BCUT2D eigenvalue weighted by Gasteiger charge is 2.39. The second-order valence-corrected chi connectivity index (χ2v) is 6.78. The van der Waals surface area contributed by atoms with Crippen molar-refractivity contribution in [2.24, 2.45) is 5.92 Å². The summed E-state index contributed by atoms with van der Waals surface area (Å²) in [6, 6.07) is 4.67. The summed E-state index contributed by atoms with van der Waals surface area (Å²) in [5, 5.41) is 0. The summed E-state index contributed by atoms with van der Waals surface area (Å²) >= 11 is 0. The molecule has 4 nitrogen and oxygen atoms in total. The molecule has 24 heavy (non-hydrogen) atoms. The van der Waals surface area contributed by atoms with Gasteiger partial charge in [-0.1, -0.05) is 6.07 Å². The van der Waals surface area contributed by atoms with E-state index < -0.39 is 11.9 Å². The quantitative estimate of drug-likeness (QED) is 0.776. The minimum Gasteiger partial charge on any atom is -0.350 e. The van der Waals surface area contributed by atoms with Crippen molar-refractivity contribution < 1.29 is 18.0 Å². The minimum atomic E-state index is -2.62. The van der Waals surface area contributed by atoms with E-state index >= 15 is 0 Å². The lowest BCUT2D eigenvalue weighted by Crippen LogP contribution is -2.55. The number of rotatable bonds is 2. The van der Waals surface area contributed by atoms with Gasteiger partial charge in [0.15, 0.2) is 0 Å². The van der Waals surface area contributed by atoms with Gasteiger partial charge < -0.3 is 9.80 Å². The van der Waals surface area contributed by atoms with Gasteiger partial charge in [0.25, 0.3) is 0 Å². The van der Waals surface area contributed by atoms with Crippen molar-refractivity contribution in [3.05, 3.63) is 24.1 Å². The molecule has 132 valence electrons. The third-order valence-corrected chi connectivity index (χ3v) is 5.00. The molecule has 3 rings (SSSR count). The van der Waals surface area contributed by atoms with Crippen molar-refractivity contribution in [2.75, 3.05) is 24.5 Å². The van der Waals surface area contributed by atoms with Crippen LogP contribution in [-0.2, 0) is 4.79 Å². The summed E-state index contributed by atoms with van der Waals surface area (Å²) < 4.78 is 39.8. The van der Waals surface area contributed by atoms with Gasteiger partial charge in [-0.2, -0.15) is 4.39 Å². The summed E-state index contributed by atoms with van der Waals surface area (Å²) in [6.07, 6.45) is 0.107. The first-order valence-corrected chi connectivity index (χ1v) is 8.41. The van der Waals surface area contributed by atoms with Gasteiger partial charge in [0.2, 0.25) is 17.8 Å². The van der Waals surface area contributed by atoms with Crippen LogP contribution in [0.15, 0.2) is 18.2 Å². The molecular formula is C17H22F3N3O. The largest absolute Gasteiger partial charge is 0.350 e. The number of anilines is 1. The first-order chi connectivity index (χ1) is 11.4. The average molecular weight is 341 g/mol. The number of halogens is 3. The van der Waals surface area contributed by atoms with Crippen molar-refractivity contribution >= 4 is 11.7 Å². The molecule has 1 saturated carbocycles. The predicted molar refractivity (Wildman–Crippen MR) is 84.5 cm³/mol. The molecule has 1 aliphatic carbocycles. The number of nitrogens with zero attached hydrogens (tertiary/aromatic N) is 3. The van der Waals surface area contributed by atoms with Crippen LogP contribution in [0.5, 0.6) is 0 Å². The van der Waals surface area contributed by atoms with Crippen molar-refractivity contribution in [1.82, 2.24) is 9.88 Å². The zero-order valence-electron chi connectivity index (χ0n) is 13.7. The summed E-state index contributed by atoms with van der Waals surface area (Å²) in [6.45, 7) is 3.53. The molecule has 0 bridgehead atoms. The van der Waals surface area contributed by atoms with Gasteiger partial charge in [-0.15, -0.1) is 0 Å². The van der Waals surface area contributed by atoms with Gasteiger partial charge in [0, 0.05) is 44.4 Å². The van der Waals surface area contributed by atoms with Crippen LogP contribution in [0.1, 0.15) is 32.6 Å². The normalized spacial score (nSPS) is 24.9. The molecule has 1 aromatic rings. The number of hydrogen-bond acceptors (Lipinski definition) is 3. The van der Waals surface area contributed by atoms with E-state index in [-0.39, 0.29) is 43.6 Å². The Morgan fingerprint density at radius 2 is 1.96 bits per heavy atom. The number of aromatic nitrogens is 1. The number of hydrogen-bond donors (Lipinski definition) is 0. The van der Waals surface area contributed by atoms with Crippen LogP contribution in [-0.4, -0.2) is 47.4 Å². The van der Waals surface area contributed by atoms with Gasteiger partial charge in [0.1, 0.15) is 5.82 Å². The van der Waals surface area contributed by atoms with Gasteiger partial charge in [-0.25, -0.2) is 13.8 Å². The number of amides is 1. The van der Waals surface area contributed by atoms with Crippen LogP contribution in [0.4, 0.5) is 19.0 Å². The molecule has 2 fully saturated rings. The van der Waals surface area contributed by atoms with Crippen molar-refractivity contribution in [3.63, 3.8) is 0 Å². The Morgan fingerprint density at radius 1 is 1.25 bits per heavy atom. The number of carbonyl (C=O) groups is 1.